The van der Waals surface area contributed by atoms with Gasteiger partial charge in [-0.1, -0.05) is 6.58 Å². The molecule has 0 saturated carbocycles. The number of rotatable bonds is 2. The Balaban J connectivity index is 2.98. The molecule has 1 heterocycles. The van der Waals surface area contributed by atoms with Gasteiger partial charge in [0.05, 0.1) is 16.8 Å². The predicted molar refractivity (Wildman–Crippen MR) is 68.4 cm³/mol. The number of halogens is 1. The van der Waals surface area contributed by atoms with Gasteiger partial charge in [-0.2, -0.15) is 0 Å². The molecule has 0 saturated heterocycles. The van der Waals surface area contributed by atoms with Crippen molar-refractivity contribution in [1.82, 2.24) is 4.98 Å². The Kier molecular flexibility index (Phi) is 2.87. The molecule has 4 heteroatoms. The summed E-state index contributed by atoms with van der Waals surface area (Å²) in [5, 5.41) is 0.902. The Labute approximate surface area is 97.3 Å². The van der Waals surface area contributed by atoms with E-state index >= 15 is 0 Å². The van der Waals surface area contributed by atoms with Crippen LogP contribution in [0.1, 0.15) is 12.6 Å². The first kappa shape index (κ1) is 11.3. The SMILES string of the molecule is C=Cc1[nH]c(=O)c2cc(F)ccc2c1N=CC. The summed E-state index contributed by atoms with van der Waals surface area (Å²) >= 11 is 0. The summed E-state index contributed by atoms with van der Waals surface area (Å²) in [5.74, 6) is -0.444. The molecule has 0 amide bonds. The molecule has 0 aliphatic carbocycles. The first-order valence-electron chi connectivity index (χ1n) is 5.14. The van der Waals surface area contributed by atoms with Gasteiger partial charge in [-0.25, -0.2) is 4.39 Å². The molecule has 1 aromatic carbocycles. The highest BCUT2D eigenvalue weighted by atomic mass is 19.1. The molecule has 0 aliphatic rings. The van der Waals surface area contributed by atoms with Gasteiger partial charge in [0, 0.05) is 11.6 Å². The highest BCUT2D eigenvalue weighted by molar-refractivity contribution is 5.95. The zero-order valence-corrected chi connectivity index (χ0v) is 9.33. The largest absolute Gasteiger partial charge is 0.320 e. The van der Waals surface area contributed by atoms with E-state index in [0.29, 0.717) is 16.8 Å². The van der Waals surface area contributed by atoms with Crippen molar-refractivity contribution < 1.29 is 4.39 Å². The lowest BCUT2D eigenvalue weighted by Gasteiger charge is -2.05. The molecule has 17 heavy (non-hydrogen) atoms. The minimum atomic E-state index is -0.444. The van der Waals surface area contributed by atoms with Crippen LogP contribution in [0.2, 0.25) is 0 Å². The molecule has 3 nitrogen and oxygen atoms in total. The van der Waals surface area contributed by atoms with E-state index in [1.54, 1.807) is 19.2 Å². The van der Waals surface area contributed by atoms with Gasteiger partial charge in [0.25, 0.3) is 5.56 Å². The summed E-state index contributed by atoms with van der Waals surface area (Å²) in [6, 6.07) is 4.06. The van der Waals surface area contributed by atoms with Crippen LogP contribution < -0.4 is 5.56 Å². The van der Waals surface area contributed by atoms with E-state index in [9.17, 15) is 9.18 Å². The highest BCUT2D eigenvalue weighted by Crippen LogP contribution is 2.27. The molecule has 1 aromatic heterocycles. The smallest absolute Gasteiger partial charge is 0.256 e. The fourth-order valence-corrected chi connectivity index (χ4v) is 1.72. The Morgan fingerprint density at radius 3 is 2.82 bits per heavy atom. The first-order chi connectivity index (χ1) is 8.17. The van der Waals surface area contributed by atoms with Crippen LogP contribution in [-0.4, -0.2) is 11.2 Å². The molecule has 86 valence electrons. The summed E-state index contributed by atoms with van der Waals surface area (Å²) < 4.78 is 13.1. The van der Waals surface area contributed by atoms with E-state index in [1.807, 2.05) is 0 Å². The number of hydrogen-bond acceptors (Lipinski definition) is 2. The number of nitrogens with one attached hydrogen (secondary N) is 1. The average Bonchev–Trinajstić information content (AvgIpc) is 2.33. The van der Waals surface area contributed by atoms with Crippen LogP contribution in [0.15, 0.2) is 34.6 Å². The van der Waals surface area contributed by atoms with E-state index in [0.717, 1.165) is 0 Å². The van der Waals surface area contributed by atoms with E-state index < -0.39 is 5.82 Å². The Morgan fingerprint density at radius 2 is 2.18 bits per heavy atom. The highest BCUT2D eigenvalue weighted by Gasteiger charge is 2.09. The van der Waals surface area contributed by atoms with Gasteiger partial charge < -0.3 is 4.98 Å². The van der Waals surface area contributed by atoms with Crippen LogP contribution >= 0.6 is 0 Å². The third-order valence-electron chi connectivity index (χ3n) is 2.45. The Bertz CT molecular complexity index is 671. The molecule has 0 atom stereocenters. The number of fused-ring (bicyclic) bond motifs is 1. The van der Waals surface area contributed by atoms with Gasteiger partial charge in [-0.05, 0) is 31.2 Å². The van der Waals surface area contributed by atoms with E-state index in [4.69, 9.17) is 0 Å². The molecule has 0 aliphatic heterocycles. The fourth-order valence-electron chi connectivity index (χ4n) is 1.72. The van der Waals surface area contributed by atoms with Crippen LogP contribution in [-0.2, 0) is 0 Å². The molecular formula is C13H11FN2O. The molecule has 2 rings (SSSR count). The van der Waals surface area contributed by atoms with Crippen LogP contribution in [0.3, 0.4) is 0 Å². The van der Waals surface area contributed by atoms with Crippen molar-refractivity contribution in [3.63, 3.8) is 0 Å². The second-order valence-corrected chi connectivity index (χ2v) is 3.50. The summed E-state index contributed by atoms with van der Waals surface area (Å²) in [5.41, 5.74) is 0.786. The Morgan fingerprint density at radius 1 is 1.41 bits per heavy atom. The lowest BCUT2D eigenvalue weighted by atomic mass is 10.1. The second-order valence-electron chi connectivity index (χ2n) is 3.50. The minimum Gasteiger partial charge on any atom is -0.320 e. The zero-order valence-electron chi connectivity index (χ0n) is 9.33. The monoisotopic (exact) mass is 230 g/mol. The number of aromatic amines is 1. The summed E-state index contributed by atoms with van der Waals surface area (Å²) in [6.45, 7) is 5.39. The average molecular weight is 230 g/mol. The second kappa shape index (κ2) is 4.33. The fraction of sp³-hybridized carbons (Fsp3) is 0.0769. The van der Waals surface area contributed by atoms with Crippen molar-refractivity contribution >= 4 is 28.8 Å². The zero-order chi connectivity index (χ0) is 12.4. The van der Waals surface area contributed by atoms with Crippen molar-refractivity contribution in [1.29, 1.82) is 0 Å². The van der Waals surface area contributed by atoms with Crippen molar-refractivity contribution in [2.45, 2.75) is 6.92 Å². The molecule has 2 aromatic rings. The van der Waals surface area contributed by atoms with Gasteiger partial charge in [0.15, 0.2) is 0 Å². The lowest BCUT2D eigenvalue weighted by Crippen LogP contribution is -2.08. The first-order valence-corrected chi connectivity index (χ1v) is 5.14. The van der Waals surface area contributed by atoms with Crippen LogP contribution in [0.25, 0.3) is 16.8 Å². The third-order valence-corrected chi connectivity index (χ3v) is 2.45. The number of pyridine rings is 1. The maximum absolute atomic E-state index is 13.1. The molecule has 0 fully saturated rings. The quantitative estimate of drug-likeness (QED) is 0.792. The van der Waals surface area contributed by atoms with Crippen LogP contribution in [0, 0.1) is 5.82 Å². The van der Waals surface area contributed by atoms with E-state index in [1.165, 1.54) is 18.2 Å². The van der Waals surface area contributed by atoms with Crippen LogP contribution in [0.4, 0.5) is 10.1 Å². The maximum atomic E-state index is 13.1. The van der Waals surface area contributed by atoms with Gasteiger partial charge in [-0.15, -0.1) is 0 Å². The summed E-state index contributed by atoms with van der Waals surface area (Å²) in [4.78, 5) is 18.6. The third kappa shape index (κ3) is 1.89. The van der Waals surface area contributed by atoms with Gasteiger partial charge in [0.1, 0.15) is 5.82 Å². The van der Waals surface area contributed by atoms with E-state index in [-0.39, 0.29) is 10.9 Å². The predicted octanol–water partition coefficient (Wildman–Crippen LogP) is 3.03. The number of aromatic nitrogens is 1. The van der Waals surface area contributed by atoms with Crippen molar-refractivity contribution in [2.75, 3.05) is 0 Å². The van der Waals surface area contributed by atoms with Crippen LogP contribution in [0.5, 0.6) is 0 Å². The molecular weight excluding hydrogens is 219 g/mol. The van der Waals surface area contributed by atoms with Crippen molar-refractivity contribution in [3.05, 3.63) is 46.6 Å². The normalized spacial score (nSPS) is 11.2. The van der Waals surface area contributed by atoms with E-state index in [2.05, 4.69) is 16.6 Å². The summed E-state index contributed by atoms with van der Waals surface area (Å²) in [7, 11) is 0. The number of aliphatic imine (C=N–C) groups is 1. The van der Waals surface area contributed by atoms with Gasteiger partial charge in [-0.3, -0.25) is 9.79 Å². The van der Waals surface area contributed by atoms with Crippen molar-refractivity contribution in [3.8, 4) is 0 Å². The lowest BCUT2D eigenvalue weighted by molar-refractivity contribution is 0.629. The number of H-pyrrole nitrogens is 1. The maximum Gasteiger partial charge on any atom is 0.256 e. The number of nitrogens with zero attached hydrogens (tertiary/aromatic N) is 1. The van der Waals surface area contributed by atoms with Crippen molar-refractivity contribution in [2.24, 2.45) is 4.99 Å². The Hall–Kier alpha value is -2.23. The summed E-state index contributed by atoms with van der Waals surface area (Å²) in [6.07, 6.45) is 3.13. The molecule has 0 bridgehead atoms. The standard InChI is InChI=1S/C13H11FN2O/c1-3-11-12(15-4-2)9-6-5-8(14)7-10(9)13(17)16-11/h3-7H,1H2,2H3,(H,16,17). The molecule has 0 unspecified atom stereocenters. The number of benzene rings is 1. The molecule has 0 spiro atoms. The minimum absolute atomic E-state index is 0.288. The number of hydrogen-bond donors (Lipinski definition) is 1. The molecule has 0 radical (unpaired) electrons. The molecule has 1 N–H and O–H groups in total. The van der Waals surface area contributed by atoms with Gasteiger partial charge in [0.2, 0.25) is 0 Å². The topological polar surface area (TPSA) is 45.2 Å². The van der Waals surface area contributed by atoms with Gasteiger partial charge >= 0.3 is 0 Å².